The molecule has 0 atom stereocenters. The number of hydrazone groups is 1. The Morgan fingerprint density at radius 3 is 2.54 bits per heavy atom. The summed E-state index contributed by atoms with van der Waals surface area (Å²) in [5, 5.41) is 13.5. The molecule has 124 valence electrons. The molecule has 0 bridgehead atoms. The number of esters is 1. The molecule has 2 aromatic carbocycles. The average molecular weight is 326 g/mol. The maximum Gasteiger partial charge on any atom is 0.337 e. The Morgan fingerprint density at radius 1 is 1.17 bits per heavy atom. The number of nitrogens with zero attached hydrogens (tertiary/aromatic N) is 1. The molecule has 1 amide bonds. The molecular formula is C18H18N2O4. The molecule has 0 spiro atoms. The largest absolute Gasteiger partial charge is 0.508 e. The molecule has 2 N–H and O–H groups in total. The lowest BCUT2D eigenvalue weighted by Gasteiger charge is -2.03. The zero-order valence-corrected chi connectivity index (χ0v) is 13.2. The second kappa shape index (κ2) is 8.47. The van der Waals surface area contributed by atoms with Gasteiger partial charge < -0.3 is 9.84 Å². The molecule has 24 heavy (non-hydrogen) atoms. The van der Waals surface area contributed by atoms with Crippen LogP contribution in [0.25, 0.3) is 0 Å². The third kappa shape index (κ3) is 4.95. The number of hydrogen-bond acceptors (Lipinski definition) is 5. The van der Waals surface area contributed by atoms with Gasteiger partial charge in [-0.2, -0.15) is 5.10 Å². The van der Waals surface area contributed by atoms with Crippen molar-refractivity contribution in [3.63, 3.8) is 0 Å². The number of phenolic OH excluding ortho intramolecular Hbond substituents is 1. The molecule has 0 aliphatic carbocycles. The Kier molecular flexibility index (Phi) is 6.08. The molecule has 0 aliphatic heterocycles. The average Bonchev–Trinajstić information content (AvgIpc) is 2.61. The van der Waals surface area contributed by atoms with Crippen molar-refractivity contribution < 1.29 is 19.4 Å². The number of nitrogens with one attached hydrogen (secondary N) is 1. The summed E-state index contributed by atoms with van der Waals surface area (Å²) in [6.45, 7) is 0. The molecule has 6 heteroatoms. The highest BCUT2D eigenvalue weighted by molar-refractivity contribution is 5.90. The topological polar surface area (TPSA) is 88.0 Å². The summed E-state index contributed by atoms with van der Waals surface area (Å²) < 4.78 is 4.61. The van der Waals surface area contributed by atoms with Gasteiger partial charge in [0, 0.05) is 6.42 Å². The van der Waals surface area contributed by atoms with E-state index < -0.39 is 5.97 Å². The first-order valence-corrected chi connectivity index (χ1v) is 7.37. The SMILES string of the molecule is COC(=O)c1ccc(/C=N\NC(=O)CCc2ccccc2O)cc1. The second-order valence-corrected chi connectivity index (χ2v) is 5.04. The molecule has 0 aromatic heterocycles. The van der Waals surface area contributed by atoms with E-state index in [9.17, 15) is 14.7 Å². The van der Waals surface area contributed by atoms with E-state index in [1.165, 1.54) is 13.3 Å². The van der Waals surface area contributed by atoms with Gasteiger partial charge in [0.25, 0.3) is 0 Å². The molecule has 0 saturated heterocycles. The van der Waals surface area contributed by atoms with Crippen LogP contribution < -0.4 is 5.43 Å². The summed E-state index contributed by atoms with van der Waals surface area (Å²) in [7, 11) is 1.32. The molecule has 0 heterocycles. The molecule has 0 fully saturated rings. The van der Waals surface area contributed by atoms with Crippen molar-refractivity contribution in [2.45, 2.75) is 12.8 Å². The molecule has 0 radical (unpaired) electrons. The third-order valence-electron chi connectivity index (χ3n) is 3.35. The summed E-state index contributed by atoms with van der Waals surface area (Å²) in [5.74, 6) is -0.476. The molecule has 0 aliphatic rings. The first-order chi connectivity index (χ1) is 11.6. The number of methoxy groups -OCH3 is 1. The van der Waals surface area contributed by atoms with Crippen LogP contribution in [-0.2, 0) is 16.0 Å². The van der Waals surface area contributed by atoms with Crippen molar-refractivity contribution in [2.75, 3.05) is 7.11 Å². The number of carbonyl (C=O) groups is 2. The first kappa shape index (κ1) is 17.2. The minimum absolute atomic E-state index is 0.180. The number of ether oxygens (including phenoxy) is 1. The molecule has 2 aromatic rings. The Morgan fingerprint density at radius 2 is 1.88 bits per heavy atom. The van der Waals surface area contributed by atoms with Crippen molar-refractivity contribution in [1.82, 2.24) is 5.43 Å². The lowest BCUT2D eigenvalue weighted by Crippen LogP contribution is -2.17. The first-order valence-electron chi connectivity index (χ1n) is 7.37. The smallest absolute Gasteiger partial charge is 0.337 e. The van der Waals surface area contributed by atoms with E-state index in [1.54, 1.807) is 42.5 Å². The quantitative estimate of drug-likeness (QED) is 0.484. The third-order valence-corrected chi connectivity index (χ3v) is 3.35. The Labute approximate surface area is 139 Å². The predicted octanol–water partition coefficient (Wildman–Crippen LogP) is 2.26. The van der Waals surface area contributed by atoms with E-state index in [-0.39, 0.29) is 18.1 Å². The summed E-state index contributed by atoms with van der Waals surface area (Å²) in [6, 6.07) is 13.5. The van der Waals surface area contributed by atoms with E-state index in [0.717, 1.165) is 11.1 Å². The fraction of sp³-hybridized carbons (Fsp3) is 0.167. The summed E-state index contributed by atoms with van der Waals surface area (Å²) >= 11 is 0. The maximum absolute atomic E-state index is 11.7. The van der Waals surface area contributed by atoms with Gasteiger partial charge in [-0.1, -0.05) is 30.3 Å². The van der Waals surface area contributed by atoms with Crippen LogP contribution in [0.15, 0.2) is 53.6 Å². The van der Waals surface area contributed by atoms with Gasteiger partial charge >= 0.3 is 5.97 Å². The number of carbonyl (C=O) groups excluding carboxylic acids is 2. The van der Waals surface area contributed by atoms with Gasteiger partial charge in [0.05, 0.1) is 18.9 Å². The highest BCUT2D eigenvalue weighted by Crippen LogP contribution is 2.16. The molecule has 0 saturated carbocycles. The fourth-order valence-corrected chi connectivity index (χ4v) is 2.03. The zero-order chi connectivity index (χ0) is 17.4. The Balaban J connectivity index is 1.82. The minimum Gasteiger partial charge on any atom is -0.508 e. The van der Waals surface area contributed by atoms with E-state index in [2.05, 4.69) is 15.3 Å². The Bertz CT molecular complexity index is 739. The van der Waals surface area contributed by atoms with E-state index in [4.69, 9.17) is 0 Å². The van der Waals surface area contributed by atoms with Crippen molar-refractivity contribution >= 4 is 18.1 Å². The van der Waals surface area contributed by atoms with Gasteiger partial charge in [0.1, 0.15) is 5.75 Å². The number of rotatable bonds is 6. The van der Waals surface area contributed by atoms with E-state index in [1.807, 2.05) is 6.07 Å². The number of hydrogen-bond donors (Lipinski definition) is 2. The van der Waals surface area contributed by atoms with Crippen LogP contribution >= 0.6 is 0 Å². The van der Waals surface area contributed by atoms with Gasteiger partial charge in [-0.05, 0) is 35.7 Å². The molecule has 2 rings (SSSR count). The number of benzene rings is 2. The second-order valence-electron chi connectivity index (χ2n) is 5.04. The number of para-hydroxylation sites is 1. The van der Waals surface area contributed by atoms with Crippen LogP contribution in [0.4, 0.5) is 0 Å². The number of aryl methyl sites for hydroxylation is 1. The molecule has 0 unspecified atom stereocenters. The normalized spacial score (nSPS) is 10.5. The van der Waals surface area contributed by atoms with Crippen LogP contribution in [0.2, 0.25) is 0 Å². The standard InChI is InChI=1S/C18H18N2O4/c1-24-18(23)15-8-6-13(7-9-15)12-19-20-17(22)11-10-14-4-2-3-5-16(14)21/h2-9,12,21H,10-11H2,1H3,(H,20,22)/b19-12-. The van der Waals surface area contributed by atoms with Crippen LogP contribution in [0.3, 0.4) is 0 Å². The monoisotopic (exact) mass is 326 g/mol. The van der Waals surface area contributed by atoms with Gasteiger partial charge in [-0.3, -0.25) is 4.79 Å². The molecular weight excluding hydrogens is 308 g/mol. The van der Waals surface area contributed by atoms with Gasteiger partial charge in [0.15, 0.2) is 0 Å². The lowest BCUT2D eigenvalue weighted by molar-refractivity contribution is -0.121. The van der Waals surface area contributed by atoms with Crippen molar-refractivity contribution in [1.29, 1.82) is 0 Å². The van der Waals surface area contributed by atoms with Crippen molar-refractivity contribution in [3.8, 4) is 5.75 Å². The molecule has 6 nitrogen and oxygen atoms in total. The highest BCUT2D eigenvalue weighted by Gasteiger charge is 2.05. The van der Waals surface area contributed by atoms with Crippen LogP contribution in [0.1, 0.15) is 27.9 Å². The highest BCUT2D eigenvalue weighted by atomic mass is 16.5. The summed E-state index contributed by atoms with van der Waals surface area (Å²) in [5.41, 5.74) is 4.33. The number of phenols is 1. The maximum atomic E-state index is 11.7. The minimum atomic E-state index is -0.407. The van der Waals surface area contributed by atoms with Crippen LogP contribution in [0.5, 0.6) is 5.75 Å². The van der Waals surface area contributed by atoms with Crippen LogP contribution in [0, 0.1) is 0 Å². The summed E-state index contributed by atoms with van der Waals surface area (Å²) in [6.07, 6.45) is 2.14. The van der Waals surface area contributed by atoms with E-state index in [0.29, 0.717) is 12.0 Å². The number of amides is 1. The van der Waals surface area contributed by atoms with Gasteiger partial charge in [-0.15, -0.1) is 0 Å². The lowest BCUT2D eigenvalue weighted by atomic mass is 10.1. The predicted molar refractivity (Wildman–Crippen MR) is 89.9 cm³/mol. The van der Waals surface area contributed by atoms with Gasteiger partial charge in [0.2, 0.25) is 5.91 Å². The van der Waals surface area contributed by atoms with Crippen molar-refractivity contribution in [2.24, 2.45) is 5.10 Å². The Hall–Kier alpha value is -3.15. The zero-order valence-electron chi connectivity index (χ0n) is 13.2. The van der Waals surface area contributed by atoms with E-state index >= 15 is 0 Å². The number of aromatic hydroxyl groups is 1. The van der Waals surface area contributed by atoms with Crippen LogP contribution in [-0.4, -0.2) is 30.3 Å². The fourth-order valence-electron chi connectivity index (χ4n) is 2.03. The van der Waals surface area contributed by atoms with Crippen molar-refractivity contribution in [3.05, 3.63) is 65.2 Å². The summed E-state index contributed by atoms with van der Waals surface area (Å²) in [4.78, 5) is 23.0. The van der Waals surface area contributed by atoms with Gasteiger partial charge in [-0.25, -0.2) is 10.2 Å².